The predicted molar refractivity (Wildman–Crippen MR) is 78.2 cm³/mol. The number of carbonyl (C=O) groups is 1. The summed E-state index contributed by atoms with van der Waals surface area (Å²) in [4.78, 5) is 22.1. The quantitative estimate of drug-likeness (QED) is 0.668. The average molecular weight is 292 g/mol. The number of amides is 1. The second kappa shape index (κ2) is 7.06. The van der Waals surface area contributed by atoms with Crippen molar-refractivity contribution in [3.05, 3.63) is 34.4 Å². The molecule has 1 saturated carbocycles. The number of nitro benzene ring substituents is 1. The maximum absolute atomic E-state index is 11.9. The van der Waals surface area contributed by atoms with Crippen LogP contribution in [0.1, 0.15) is 32.6 Å². The molecule has 0 aromatic heterocycles. The maximum Gasteiger partial charge on any atom is 0.273 e. The van der Waals surface area contributed by atoms with Crippen LogP contribution >= 0.6 is 0 Å². The Morgan fingerprint density at radius 3 is 2.90 bits per heavy atom. The van der Waals surface area contributed by atoms with E-state index < -0.39 is 4.92 Å². The molecule has 1 fully saturated rings. The van der Waals surface area contributed by atoms with E-state index >= 15 is 0 Å². The molecule has 1 aliphatic rings. The molecule has 114 valence electrons. The molecule has 21 heavy (non-hydrogen) atoms. The zero-order valence-electron chi connectivity index (χ0n) is 12.1. The number of nitrogens with zero attached hydrogens (tertiary/aromatic N) is 1. The smallest absolute Gasteiger partial charge is 0.273 e. The summed E-state index contributed by atoms with van der Waals surface area (Å²) >= 11 is 0. The Kier molecular flexibility index (Phi) is 5.14. The van der Waals surface area contributed by atoms with Gasteiger partial charge in [-0.15, -0.1) is 0 Å². The third kappa shape index (κ3) is 4.44. The van der Waals surface area contributed by atoms with Crippen molar-refractivity contribution in [3.63, 3.8) is 0 Å². The predicted octanol–water partition coefficient (Wildman–Crippen LogP) is 2.67. The highest BCUT2D eigenvalue weighted by Gasteiger charge is 2.22. The topological polar surface area (TPSA) is 81.5 Å². The molecule has 1 aromatic carbocycles. The second-order valence-corrected chi connectivity index (χ2v) is 5.48. The maximum atomic E-state index is 11.9. The molecule has 0 radical (unpaired) electrons. The summed E-state index contributed by atoms with van der Waals surface area (Å²) in [5.41, 5.74) is -0.0474. The van der Waals surface area contributed by atoms with E-state index in [0.717, 1.165) is 19.3 Å². The minimum Gasteiger partial charge on any atom is -0.484 e. The van der Waals surface area contributed by atoms with Gasteiger partial charge < -0.3 is 10.1 Å². The van der Waals surface area contributed by atoms with Crippen LogP contribution in [0.5, 0.6) is 5.75 Å². The van der Waals surface area contributed by atoms with Crippen LogP contribution in [0.25, 0.3) is 0 Å². The fraction of sp³-hybridized carbons (Fsp3) is 0.533. The van der Waals surface area contributed by atoms with Crippen molar-refractivity contribution in [1.29, 1.82) is 0 Å². The number of benzene rings is 1. The van der Waals surface area contributed by atoms with Crippen molar-refractivity contribution < 1.29 is 14.5 Å². The first kappa shape index (κ1) is 15.3. The largest absolute Gasteiger partial charge is 0.484 e. The molecular weight excluding hydrogens is 272 g/mol. The van der Waals surface area contributed by atoms with Crippen molar-refractivity contribution in [1.82, 2.24) is 5.32 Å². The van der Waals surface area contributed by atoms with Crippen LogP contribution in [0.3, 0.4) is 0 Å². The SMILES string of the molecule is C[C@@H]1CCCC[C@@H]1NC(=O)COc1cccc([N+](=O)[O-])c1. The first-order chi connectivity index (χ1) is 10.1. The van der Waals surface area contributed by atoms with Crippen LogP contribution in [-0.2, 0) is 4.79 Å². The van der Waals surface area contributed by atoms with Gasteiger partial charge in [-0.2, -0.15) is 0 Å². The average Bonchev–Trinajstić information content (AvgIpc) is 2.48. The van der Waals surface area contributed by atoms with Gasteiger partial charge in [0.05, 0.1) is 11.0 Å². The van der Waals surface area contributed by atoms with Crippen LogP contribution < -0.4 is 10.1 Å². The Morgan fingerprint density at radius 2 is 2.19 bits per heavy atom. The molecule has 1 amide bonds. The molecule has 0 aliphatic heterocycles. The third-order valence-electron chi connectivity index (χ3n) is 3.86. The summed E-state index contributed by atoms with van der Waals surface area (Å²) < 4.78 is 5.32. The van der Waals surface area contributed by atoms with Crippen LogP contribution in [-0.4, -0.2) is 23.5 Å². The van der Waals surface area contributed by atoms with Crippen LogP contribution in [0.15, 0.2) is 24.3 Å². The zero-order valence-corrected chi connectivity index (χ0v) is 12.1. The Labute approximate surface area is 123 Å². The number of hydrogen-bond donors (Lipinski definition) is 1. The molecule has 6 heteroatoms. The van der Waals surface area contributed by atoms with Crippen molar-refractivity contribution in [2.75, 3.05) is 6.61 Å². The Balaban J connectivity index is 1.83. The minimum atomic E-state index is -0.489. The first-order valence-electron chi connectivity index (χ1n) is 7.23. The lowest BCUT2D eigenvalue weighted by molar-refractivity contribution is -0.384. The van der Waals surface area contributed by atoms with Gasteiger partial charge in [-0.05, 0) is 24.8 Å². The van der Waals surface area contributed by atoms with E-state index in [2.05, 4.69) is 12.2 Å². The molecule has 0 saturated heterocycles. The molecule has 0 spiro atoms. The van der Waals surface area contributed by atoms with Gasteiger partial charge in [0.15, 0.2) is 6.61 Å². The summed E-state index contributed by atoms with van der Waals surface area (Å²) in [5, 5.41) is 13.6. The van der Waals surface area contributed by atoms with E-state index in [-0.39, 0.29) is 24.2 Å². The van der Waals surface area contributed by atoms with Gasteiger partial charge in [0, 0.05) is 12.1 Å². The monoisotopic (exact) mass is 292 g/mol. The van der Waals surface area contributed by atoms with Crippen molar-refractivity contribution in [2.45, 2.75) is 38.6 Å². The number of ether oxygens (including phenoxy) is 1. The van der Waals surface area contributed by atoms with Gasteiger partial charge in [0.25, 0.3) is 11.6 Å². The Morgan fingerprint density at radius 1 is 1.43 bits per heavy atom. The second-order valence-electron chi connectivity index (χ2n) is 5.48. The molecule has 0 bridgehead atoms. The fourth-order valence-electron chi connectivity index (χ4n) is 2.61. The summed E-state index contributed by atoms with van der Waals surface area (Å²) in [6.45, 7) is 2.02. The lowest BCUT2D eigenvalue weighted by Gasteiger charge is -2.29. The Bertz CT molecular complexity index is 518. The van der Waals surface area contributed by atoms with Gasteiger partial charge in [0.2, 0.25) is 0 Å². The molecule has 2 atom stereocenters. The summed E-state index contributed by atoms with van der Waals surface area (Å²) in [5.74, 6) is 0.636. The molecule has 1 aromatic rings. The van der Waals surface area contributed by atoms with E-state index in [1.165, 1.54) is 24.6 Å². The summed E-state index contributed by atoms with van der Waals surface area (Å²) in [6.07, 6.45) is 4.50. The van der Waals surface area contributed by atoms with Gasteiger partial charge in [-0.1, -0.05) is 25.8 Å². The molecule has 0 unspecified atom stereocenters. The van der Waals surface area contributed by atoms with Crippen molar-refractivity contribution in [2.24, 2.45) is 5.92 Å². The number of hydrogen-bond acceptors (Lipinski definition) is 4. The third-order valence-corrected chi connectivity index (χ3v) is 3.86. The summed E-state index contributed by atoms with van der Waals surface area (Å²) in [6, 6.07) is 6.05. The van der Waals surface area contributed by atoms with Crippen LogP contribution in [0, 0.1) is 16.0 Å². The van der Waals surface area contributed by atoms with E-state index in [1.807, 2.05) is 0 Å². The van der Waals surface area contributed by atoms with E-state index in [9.17, 15) is 14.9 Å². The molecule has 1 aliphatic carbocycles. The molecule has 6 nitrogen and oxygen atoms in total. The Hall–Kier alpha value is -2.11. The van der Waals surface area contributed by atoms with E-state index in [1.54, 1.807) is 6.07 Å². The molecule has 0 heterocycles. The van der Waals surface area contributed by atoms with Crippen LogP contribution in [0.4, 0.5) is 5.69 Å². The lowest BCUT2D eigenvalue weighted by atomic mass is 9.86. The highest BCUT2D eigenvalue weighted by atomic mass is 16.6. The molecule has 2 rings (SSSR count). The van der Waals surface area contributed by atoms with E-state index in [4.69, 9.17) is 4.74 Å². The number of non-ortho nitro benzene ring substituents is 1. The molecule has 1 N–H and O–H groups in total. The highest BCUT2D eigenvalue weighted by Crippen LogP contribution is 2.23. The summed E-state index contributed by atoms with van der Waals surface area (Å²) in [7, 11) is 0. The lowest BCUT2D eigenvalue weighted by Crippen LogP contribution is -2.43. The highest BCUT2D eigenvalue weighted by molar-refractivity contribution is 5.77. The molecular formula is C15H20N2O4. The normalized spacial score (nSPS) is 21.6. The van der Waals surface area contributed by atoms with Crippen LogP contribution in [0.2, 0.25) is 0 Å². The number of nitro groups is 1. The van der Waals surface area contributed by atoms with E-state index in [0.29, 0.717) is 11.7 Å². The fourth-order valence-corrected chi connectivity index (χ4v) is 2.61. The van der Waals surface area contributed by atoms with Crippen molar-refractivity contribution >= 4 is 11.6 Å². The van der Waals surface area contributed by atoms with Crippen molar-refractivity contribution in [3.8, 4) is 5.75 Å². The van der Waals surface area contributed by atoms with Gasteiger partial charge >= 0.3 is 0 Å². The van der Waals surface area contributed by atoms with Gasteiger partial charge in [-0.3, -0.25) is 14.9 Å². The number of carbonyl (C=O) groups excluding carboxylic acids is 1. The standard InChI is InChI=1S/C15H20N2O4/c1-11-5-2-3-8-14(11)16-15(18)10-21-13-7-4-6-12(9-13)17(19)20/h4,6-7,9,11,14H,2-3,5,8,10H2,1H3,(H,16,18)/t11-,14+/m1/s1. The zero-order chi connectivity index (χ0) is 15.2. The number of rotatable bonds is 5. The number of nitrogens with one attached hydrogen (secondary N) is 1. The van der Waals surface area contributed by atoms with Gasteiger partial charge in [0.1, 0.15) is 5.75 Å². The minimum absolute atomic E-state index is 0.0474. The van der Waals surface area contributed by atoms with Gasteiger partial charge in [-0.25, -0.2) is 0 Å². The first-order valence-corrected chi connectivity index (χ1v) is 7.23.